The second kappa shape index (κ2) is 8.26. The average Bonchev–Trinajstić information content (AvgIpc) is 3.38. The summed E-state index contributed by atoms with van der Waals surface area (Å²) in [4.78, 5) is 28.7. The van der Waals surface area contributed by atoms with Crippen LogP contribution >= 0.6 is 15.9 Å². The molecule has 2 atom stereocenters. The van der Waals surface area contributed by atoms with Crippen LogP contribution in [0.5, 0.6) is 11.5 Å². The van der Waals surface area contributed by atoms with Gasteiger partial charge in [-0.1, -0.05) is 22.0 Å². The first kappa shape index (κ1) is 21.0. The smallest absolute Gasteiger partial charge is 0.291 e. The molecule has 8 heteroatoms. The molecule has 0 radical (unpaired) electrons. The SMILES string of the molecule is CCOc1cc(C2c3c(oc4ccc(Br)cc4c3=O)C(=O)N2CC2CCCO2)ccc1O. The highest BCUT2D eigenvalue weighted by molar-refractivity contribution is 9.10. The van der Waals surface area contributed by atoms with Gasteiger partial charge in [0.05, 0.1) is 29.7 Å². The first-order valence-electron chi connectivity index (χ1n) is 10.6. The molecule has 2 aromatic carbocycles. The van der Waals surface area contributed by atoms with Crippen molar-refractivity contribution >= 4 is 32.8 Å². The topological polar surface area (TPSA) is 89.2 Å². The summed E-state index contributed by atoms with van der Waals surface area (Å²) in [5.74, 6) is 0.0171. The van der Waals surface area contributed by atoms with Crippen molar-refractivity contribution in [2.24, 2.45) is 0 Å². The minimum atomic E-state index is -0.666. The van der Waals surface area contributed by atoms with E-state index in [4.69, 9.17) is 13.9 Å². The van der Waals surface area contributed by atoms with Crippen LogP contribution in [0.2, 0.25) is 0 Å². The Morgan fingerprint density at radius 1 is 1.22 bits per heavy atom. The van der Waals surface area contributed by atoms with E-state index in [1.807, 2.05) is 6.92 Å². The van der Waals surface area contributed by atoms with Crippen LogP contribution in [0.4, 0.5) is 0 Å². The van der Waals surface area contributed by atoms with Gasteiger partial charge in [0.25, 0.3) is 5.91 Å². The molecule has 2 unspecified atom stereocenters. The molecule has 1 saturated heterocycles. The summed E-state index contributed by atoms with van der Waals surface area (Å²) in [5, 5.41) is 10.6. The van der Waals surface area contributed by atoms with Gasteiger partial charge in [-0.25, -0.2) is 0 Å². The highest BCUT2D eigenvalue weighted by Crippen LogP contribution is 2.41. The minimum Gasteiger partial charge on any atom is -0.504 e. The van der Waals surface area contributed by atoms with Crippen molar-refractivity contribution < 1.29 is 23.8 Å². The van der Waals surface area contributed by atoms with E-state index in [9.17, 15) is 14.7 Å². The van der Waals surface area contributed by atoms with Gasteiger partial charge in [0.1, 0.15) is 5.58 Å². The number of nitrogens with zero attached hydrogens (tertiary/aromatic N) is 1. The van der Waals surface area contributed by atoms with Crippen LogP contribution in [0.25, 0.3) is 11.0 Å². The van der Waals surface area contributed by atoms with Gasteiger partial charge in [0.15, 0.2) is 16.9 Å². The standard InChI is InChI=1S/C24H22BrNO6/c1-2-30-19-10-13(5-7-17(19)27)21-20-22(28)16-11-14(25)6-8-18(16)32-23(20)24(29)26(21)12-15-4-3-9-31-15/h5-8,10-11,15,21,27H,2-4,9,12H2,1H3. The maximum Gasteiger partial charge on any atom is 0.291 e. The first-order chi connectivity index (χ1) is 15.5. The van der Waals surface area contributed by atoms with Crippen molar-refractivity contribution in [1.82, 2.24) is 4.90 Å². The lowest BCUT2D eigenvalue weighted by Gasteiger charge is -2.27. The van der Waals surface area contributed by atoms with Gasteiger partial charge >= 0.3 is 0 Å². The van der Waals surface area contributed by atoms with E-state index in [0.29, 0.717) is 47.6 Å². The average molecular weight is 500 g/mol. The van der Waals surface area contributed by atoms with Gasteiger partial charge in [-0.2, -0.15) is 0 Å². The fourth-order valence-corrected chi connectivity index (χ4v) is 4.87. The van der Waals surface area contributed by atoms with Crippen molar-refractivity contribution in [2.75, 3.05) is 19.8 Å². The summed E-state index contributed by atoms with van der Waals surface area (Å²) in [6.45, 7) is 3.20. The maximum absolute atomic E-state index is 13.6. The van der Waals surface area contributed by atoms with Crippen LogP contribution in [0.3, 0.4) is 0 Å². The molecule has 2 aliphatic heterocycles. The lowest BCUT2D eigenvalue weighted by atomic mass is 9.98. The number of benzene rings is 2. The Bertz CT molecular complexity index is 1260. The van der Waals surface area contributed by atoms with Gasteiger partial charge in [-0.15, -0.1) is 0 Å². The number of halogens is 1. The zero-order valence-corrected chi connectivity index (χ0v) is 19.1. The van der Waals surface area contributed by atoms with E-state index < -0.39 is 6.04 Å². The van der Waals surface area contributed by atoms with E-state index in [0.717, 1.165) is 17.3 Å². The van der Waals surface area contributed by atoms with Crippen molar-refractivity contribution in [3.8, 4) is 11.5 Å². The Morgan fingerprint density at radius 3 is 2.81 bits per heavy atom. The monoisotopic (exact) mass is 499 g/mol. The first-order valence-corrected chi connectivity index (χ1v) is 11.4. The van der Waals surface area contributed by atoms with Crippen LogP contribution in [0.1, 0.15) is 47.5 Å². The Labute approximate surface area is 192 Å². The third kappa shape index (κ3) is 3.47. The van der Waals surface area contributed by atoms with Crippen molar-refractivity contribution in [2.45, 2.75) is 31.9 Å². The molecule has 0 spiro atoms. The lowest BCUT2D eigenvalue weighted by Crippen LogP contribution is -2.36. The number of phenolic OH excluding ortho intramolecular Hbond substituents is 1. The number of carbonyl (C=O) groups excluding carboxylic acids is 1. The number of carbonyl (C=O) groups is 1. The number of rotatable bonds is 5. The zero-order chi connectivity index (χ0) is 22.4. The number of hydrogen-bond acceptors (Lipinski definition) is 6. The Morgan fingerprint density at radius 2 is 2.06 bits per heavy atom. The molecule has 1 amide bonds. The third-order valence-electron chi connectivity index (χ3n) is 5.95. The molecule has 0 saturated carbocycles. The number of phenols is 1. The summed E-state index contributed by atoms with van der Waals surface area (Å²) in [5.41, 5.74) is 1.08. The predicted molar refractivity (Wildman–Crippen MR) is 121 cm³/mol. The van der Waals surface area contributed by atoms with Crippen molar-refractivity contribution in [3.05, 3.63) is 68.0 Å². The maximum atomic E-state index is 13.6. The second-order valence-corrected chi connectivity index (χ2v) is 8.89. The molecule has 1 aromatic heterocycles. The quantitative estimate of drug-likeness (QED) is 0.560. The van der Waals surface area contributed by atoms with Gasteiger partial charge in [0.2, 0.25) is 5.76 Å². The Balaban J connectivity index is 1.70. The summed E-state index contributed by atoms with van der Waals surface area (Å²) in [6, 6.07) is 9.39. The van der Waals surface area contributed by atoms with Gasteiger partial charge in [-0.05, 0) is 55.7 Å². The summed E-state index contributed by atoms with van der Waals surface area (Å²) < 4.78 is 18.0. The van der Waals surface area contributed by atoms with E-state index >= 15 is 0 Å². The third-order valence-corrected chi connectivity index (χ3v) is 6.44. The fourth-order valence-electron chi connectivity index (χ4n) is 4.51. The second-order valence-electron chi connectivity index (χ2n) is 7.97. The van der Waals surface area contributed by atoms with Crippen LogP contribution in [0, 0.1) is 0 Å². The van der Waals surface area contributed by atoms with E-state index in [2.05, 4.69) is 15.9 Å². The number of amides is 1. The minimum absolute atomic E-state index is 0.000277. The van der Waals surface area contributed by atoms with Crippen LogP contribution < -0.4 is 10.2 Å². The Kier molecular flexibility index (Phi) is 5.43. The van der Waals surface area contributed by atoms with Gasteiger partial charge in [-0.3, -0.25) is 9.59 Å². The largest absolute Gasteiger partial charge is 0.504 e. The molecule has 32 heavy (non-hydrogen) atoms. The lowest BCUT2D eigenvalue weighted by molar-refractivity contribution is 0.0486. The molecule has 1 N–H and O–H groups in total. The van der Waals surface area contributed by atoms with E-state index in [1.54, 1.807) is 35.2 Å². The van der Waals surface area contributed by atoms with Crippen molar-refractivity contribution in [3.63, 3.8) is 0 Å². The molecular weight excluding hydrogens is 478 g/mol. The van der Waals surface area contributed by atoms with E-state index in [1.165, 1.54) is 6.07 Å². The van der Waals surface area contributed by atoms with Crippen LogP contribution in [0.15, 0.2) is 50.1 Å². The highest BCUT2D eigenvalue weighted by Gasteiger charge is 2.44. The molecule has 2 aliphatic rings. The van der Waals surface area contributed by atoms with Gasteiger partial charge in [0, 0.05) is 17.6 Å². The molecule has 3 heterocycles. The van der Waals surface area contributed by atoms with E-state index in [-0.39, 0.29) is 28.9 Å². The summed E-state index contributed by atoms with van der Waals surface area (Å²) >= 11 is 3.41. The molecule has 1 fully saturated rings. The Hall–Kier alpha value is -2.84. The molecular formula is C24H22BrNO6. The van der Waals surface area contributed by atoms with Crippen LogP contribution in [-0.4, -0.2) is 41.8 Å². The summed E-state index contributed by atoms with van der Waals surface area (Å²) in [6.07, 6.45) is 1.69. The number of aromatic hydroxyl groups is 1. The highest BCUT2D eigenvalue weighted by atomic mass is 79.9. The molecule has 0 aliphatic carbocycles. The number of ether oxygens (including phenoxy) is 2. The molecule has 5 rings (SSSR count). The molecule has 166 valence electrons. The van der Waals surface area contributed by atoms with Gasteiger partial charge < -0.3 is 23.9 Å². The normalized spacial score (nSPS) is 20.2. The molecule has 7 nitrogen and oxygen atoms in total. The summed E-state index contributed by atoms with van der Waals surface area (Å²) in [7, 11) is 0. The van der Waals surface area contributed by atoms with Crippen molar-refractivity contribution in [1.29, 1.82) is 0 Å². The van der Waals surface area contributed by atoms with Crippen LogP contribution in [-0.2, 0) is 4.74 Å². The zero-order valence-electron chi connectivity index (χ0n) is 17.5. The predicted octanol–water partition coefficient (Wildman–Crippen LogP) is 4.38. The fraction of sp³-hybridized carbons (Fsp3) is 0.333. The molecule has 0 bridgehead atoms. The molecule has 3 aromatic rings. The number of hydrogen-bond donors (Lipinski definition) is 1. The number of fused-ring (bicyclic) bond motifs is 2.